The van der Waals surface area contributed by atoms with Crippen LogP contribution in [0.25, 0.3) is 0 Å². The summed E-state index contributed by atoms with van der Waals surface area (Å²) in [5.41, 5.74) is 1.59. The van der Waals surface area contributed by atoms with Crippen molar-refractivity contribution < 1.29 is 9.47 Å². The highest BCUT2D eigenvalue weighted by atomic mass is 35.6. The van der Waals surface area contributed by atoms with Gasteiger partial charge in [0, 0.05) is 11.4 Å². The number of anilines is 2. The molecule has 0 radical (unpaired) electrons. The number of rotatable bonds is 6. The molecular weight excluding hydrogens is 359 g/mol. The third-order valence-corrected chi connectivity index (χ3v) is 3.78. The molecule has 23 heavy (non-hydrogen) atoms. The van der Waals surface area contributed by atoms with E-state index in [0.717, 1.165) is 22.9 Å². The van der Waals surface area contributed by atoms with Crippen molar-refractivity contribution in [1.29, 1.82) is 0 Å². The van der Waals surface area contributed by atoms with Crippen LogP contribution in [0.2, 0.25) is 0 Å². The van der Waals surface area contributed by atoms with E-state index in [-0.39, 0.29) is 0 Å². The predicted molar refractivity (Wildman–Crippen MR) is 97.3 cm³/mol. The Kier molecular flexibility index (Phi) is 6.10. The molecule has 0 spiro atoms. The molecule has 0 aliphatic heterocycles. The fourth-order valence-corrected chi connectivity index (χ4v) is 2.23. The second kappa shape index (κ2) is 7.86. The second-order valence-electron chi connectivity index (χ2n) is 4.72. The van der Waals surface area contributed by atoms with Crippen LogP contribution in [-0.4, -0.2) is 24.2 Å². The quantitative estimate of drug-likeness (QED) is 0.555. The molecule has 7 heteroatoms. The molecule has 0 fully saturated rings. The Morgan fingerprint density at radius 1 is 0.739 bits per heavy atom. The third kappa shape index (κ3) is 5.27. The molecule has 0 saturated carbocycles. The van der Waals surface area contributed by atoms with E-state index in [4.69, 9.17) is 44.3 Å². The predicted octanol–water partition coefficient (Wildman–Crippen LogP) is 4.92. The van der Waals surface area contributed by atoms with Crippen molar-refractivity contribution in [3.8, 4) is 11.5 Å². The lowest BCUT2D eigenvalue weighted by atomic mass is 10.2. The molecule has 0 aliphatic carbocycles. The Balaban J connectivity index is 2.12. The summed E-state index contributed by atoms with van der Waals surface area (Å²) in [6, 6.07) is 14.7. The average molecular weight is 376 g/mol. The molecule has 2 N–H and O–H groups in total. The fourth-order valence-electron chi connectivity index (χ4n) is 1.91. The third-order valence-electron chi connectivity index (χ3n) is 3.13. The average Bonchev–Trinajstić information content (AvgIpc) is 2.54. The summed E-state index contributed by atoms with van der Waals surface area (Å²) in [7, 11) is 3.22. The molecule has 0 heterocycles. The Morgan fingerprint density at radius 3 is 1.35 bits per heavy atom. The minimum absolute atomic E-state index is 0.630. The lowest BCUT2D eigenvalue weighted by Gasteiger charge is -2.28. The maximum atomic E-state index is 6.07. The lowest BCUT2D eigenvalue weighted by Crippen LogP contribution is -2.40. The van der Waals surface area contributed by atoms with Crippen LogP contribution >= 0.6 is 34.8 Å². The number of halogens is 3. The zero-order chi connectivity index (χ0) is 16.9. The first-order valence-corrected chi connectivity index (χ1v) is 7.93. The van der Waals surface area contributed by atoms with E-state index in [0.29, 0.717) is 0 Å². The van der Waals surface area contributed by atoms with Gasteiger partial charge >= 0.3 is 0 Å². The van der Waals surface area contributed by atoms with Crippen molar-refractivity contribution in [2.24, 2.45) is 0 Å². The number of hydrogen-bond acceptors (Lipinski definition) is 4. The van der Waals surface area contributed by atoms with Gasteiger partial charge in [-0.1, -0.05) is 34.8 Å². The van der Waals surface area contributed by atoms with Gasteiger partial charge in [0.05, 0.1) is 14.2 Å². The van der Waals surface area contributed by atoms with Gasteiger partial charge in [0.15, 0.2) is 0 Å². The van der Waals surface area contributed by atoms with Crippen LogP contribution < -0.4 is 20.1 Å². The highest BCUT2D eigenvalue weighted by Crippen LogP contribution is 2.33. The normalized spacial score (nSPS) is 11.2. The smallest absolute Gasteiger partial charge is 0.228 e. The summed E-state index contributed by atoms with van der Waals surface area (Å²) in [6.45, 7) is 0. The summed E-state index contributed by atoms with van der Waals surface area (Å²) in [6.07, 6.45) is -0.630. The molecule has 0 unspecified atom stereocenters. The molecule has 4 nitrogen and oxygen atoms in total. The van der Waals surface area contributed by atoms with E-state index in [1.54, 1.807) is 14.2 Å². The van der Waals surface area contributed by atoms with Crippen LogP contribution in [0.5, 0.6) is 11.5 Å². The number of benzene rings is 2. The van der Waals surface area contributed by atoms with Gasteiger partial charge in [-0.05, 0) is 48.5 Å². The minimum Gasteiger partial charge on any atom is -0.497 e. The van der Waals surface area contributed by atoms with Crippen molar-refractivity contribution in [2.45, 2.75) is 9.96 Å². The molecule has 0 saturated heterocycles. The van der Waals surface area contributed by atoms with Gasteiger partial charge in [-0.15, -0.1) is 0 Å². The molecule has 0 bridgehead atoms. The van der Waals surface area contributed by atoms with Gasteiger partial charge in [0.25, 0.3) is 0 Å². The lowest BCUT2D eigenvalue weighted by molar-refractivity contribution is 0.415. The Hall–Kier alpha value is -1.49. The van der Waals surface area contributed by atoms with Crippen LogP contribution in [0, 0.1) is 0 Å². The van der Waals surface area contributed by atoms with Crippen molar-refractivity contribution in [2.75, 3.05) is 24.9 Å². The van der Waals surface area contributed by atoms with Gasteiger partial charge < -0.3 is 20.1 Å². The van der Waals surface area contributed by atoms with E-state index >= 15 is 0 Å². The summed E-state index contributed by atoms with van der Waals surface area (Å²) in [5, 5.41) is 6.31. The van der Waals surface area contributed by atoms with Crippen LogP contribution in [-0.2, 0) is 0 Å². The SMILES string of the molecule is COc1ccc(NC(Nc2ccc(OC)cc2)C(Cl)(Cl)Cl)cc1. The number of alkyl halides is 3. The van der Waals surface area contributed by atoms with E-state index in [2.05, 4.69) is 10.6 Å². The Morgan fingerprint density at radius 2 is 1.09 bits per heavy atom. The molecule has 124 valence electrons. The zero-order valence-corrected chi connectivity index (χ0v) is 14.9. The molecule has 0 aromatic heterocycles. The highest BCUT2D eigenvalue weighted by Gasteiger charge is 2.32. The number of nitrogens with one attached hydrogen (secondary N) is 2. The van der Waals surface area contributed by atoms with Crippen molar-refractivity contribution >= 4 is 46.2 Å². The van der Waals surface area contributed by atoms with Crippen LogP contribution in [0.3, 0.4) is 0 Å². The molecule has 0 amide bonds. The first kappa shape index (κ1) is 17.9. The number of hydrogen-bond donors (Lipinski definition) is 2. The Labute approximate surface area is 150 Å². The number of methoxy groups -OCH3 is 2. The standard InChI is InChI=1S/C16H17Cl3N2O2/c1-22-13-7-3-11(4-8-13)20-15(16(17,18)19)21-12-5-9-14(23-2)10-6-12/h3-10,15,20-21H,1-2H3. The van der Waals surface area contributed by atoms with Gasteiger partial charge in [-0.3, -0.25) is 0 Å². The van der Waals surface area contributed by atoms with Crippen LogP contribution in [0.4, 0.5) is 11.4 Å². The maximum Gasteiger partial charge on any atom is 0.228 e. The van der Waals surface area contributed by atoms with Gasteiger partial charge in [0.1, 0.15) is 17.7 Å². The van der Waals surface area contributed by atoms with Crippen molar-refractivity contribution in [3.63, 3.8) is 0 Å². The van der Waals surface area contributed by atoms with Crippen molar-refractivity contribution in [3.05, 3.63) is 48.5 Å². The van der Waals surface area contributed by atoms with E-state index in [1.807, 2.05) is 48.5 Å². The van der Waals surface area contributed by atoms with Gasteiger partial charge in [0.2, 0.25) is 3.79 Å². The highest BCUT2D eigenvalue weighted by molar-refractivity contribution is 6.68. The second-order valence-corrected chi connectivity index (χ2v) is 7.09. The first-order valence-electron chi connectivity index (χ1n) is 6.80. The summed E-state index contributed by atoms with van der Waals surface area (Å²) >= 11 is 18.2. The molecule has 2 aromatic carbocycles. The summed E-state index contributed by atoms with van der Waals surface area (Å²) in [5.74, 6) is 1.51. The van der Waals surface area contributed by atoms with Crippen molar-refractivity contribution in [1.82, 2.24) is 0 Å². The van der Waals surface area contributed by atoms with E-state index < -0.39 is 9.96 Å². The largest absolute Gasteiger partial charge is 0.497 e. The van der Waals surface area contributed by atoms with Crippen LogP contribution in [0.15, 0.2) is 48.5 Å². The fraction of sp³-hybridized carbons (Fsp3) is 0.250. The molecule has 2 aromatic rings. The summed E-state index contributed by atoms with van der Waals surface area (Å²) in [4.78, 5) is 0. The molecule has 0 atom stereocenters. The van der Waals surface area contributed by atoms with Gasteiger partial charge in [-0.2, -0.15) is 0 Å². The Bertz CT molecular complexity index is 563. The maximum absolute atomic E-state index is 6.07. The molecule has 0 aliphatic rings. The zero-order valence-electron chi connectivity index (χ0n) is 12.6. The van der Waals surface area contributed by atoms with E-state index in [9.17, 15) is 0 Å². The minimum atomic E-state index is -1.56. The topological polar surface area (TPSA) is 42.5 Å². The summed E-state index contributed by atoms with van der Waals surface area (Å²) < 4.78 is 8.70. The molecule has 2 rings (SSSR count). The van der Waals surface area contributed by atoms with Crippen LogP contribution in [0.1, 0.15) is 0 Å². The monoisotopic (exact) mass is 374 g/mol. The first-order chi connectivity index (χ1) is 10.9. The number of ether oxygens (including phenoxy) is 2. The van der Waals surface area contributed by atoms with Gasteiger partial charge in [-0.25, -0.2) is 0 Å². The van der Waals surface area contributed by atoms with E-state index in [1.165, 1.54) is 0 Å². The molecular formula is C16H17Cl3N2O2.